The maximum Gasteiger partial charge on any atom is 0.261 e. The molecule has 33 heavy (non-hydrogen) atoms. The van der Waals surface area contributed by atoms with Crippen LogP contribution in [0.5, 0.6) is 11.6 Å². The van der Waals surface area contributed by atoms with Crippen LogP contribution in [-0.4, -0.2) is 28.2 Å². The molecule has 9 heteroatoms. The van der Waals surface area contributed by atoms with E-state index in [-0.39, 0.29) is 4.90 Å². The highest BCUT2D eigenvalue weighted by Gasteiger charge is 2.18. The van der Waals surface area contributed by atoms with E-state index in [0.29, 0.717) is 23.1 Å². The van der Waals surface area contributed by atoms with Crippen molar-refractivity contribution in [3.8, 4) is 17.4 Å². The zero-order chi connectivity index (χ0) is 22.8. The molecule has 0 spiro atoms. The molecule has 2 aromatic carbocycles. The van der Waals surface area contributed by atoms with Crippen LogP contribution < -0.4 is 9.46 Å². The van der Waals surface area contributed by atoms with E-state index in [4.69, 9.17) is 4.74 Å². The first-order valence-electron chi connectivity index (χ1n) is 10.7. The number of nitrogens with one attached hydrogen (secondary N) is 1. The quantitative estimate of drug-likeness (QED) is 0.456. The molecule has 0 fully saturated rings. The standard InChI is InChI=1S/C24H23N5O3S/c1-17-25-14-15-29(17)23-12-13-24(27-26-23)32-21-9-7-20(8-10-21)28-33(30,31)22-11-6-18-4-2-3-5-19(18)16-22/h6-16,28H,2-5H2,1H3. The van der Waals surface area contributed by atoms with Crippen LogP contribution in [0, 0.1) is 6.92 Å². The average molecular weight is 462 g/mol. The topological polar surface area (TPSA) is 99.0 Å². The van der Waals surface area contributed by atoms with Crippen molar-refractivity contribution in [1.82, 2.24) is 19.7 Å². The van der Waals surface area contributed by atoms with Crippen molar-refractivity contribution in [3.05, 3.63) is 83.9 Å². The van der Waals surface area contributed by atoms with E-state index in [1.165, 1.54) is 5.56 Å². The largest absolute Gasteiger partial charge is 0.438 e. The highest BCUT2D eigenvalue weighted by atomic mass is 32.2. The van der Waals surface area contributed by atoms with E-state index in [1.54, 1.807) is 54.7 Å². The minimum absolute atomic E-state index is 0.284. The first-order chi connectivity index (χ1) is 16.0. The summed E-state index contributed by atoms with van der Waals surface area (Å²) in [6, 6.07) is 15.6. The number of anilines is 1. The Morgan fingerprint density at radius 2 is 1.73 bits per heavy atom. The molecule has 0 radical (unpaired) electrons. The fourth-order valence-electron chi connectivity index (χ4n) is 3.92. The minimum atomic E-state index is -3.67. The van der Waals surface area contributed by atoms with Gasteiger partial charge in [-0.3, -0.25) is 9.29 Å². The zero-order valence-electron chi connectivity index (χ0n) is 18.1. The van der Waals surface area contributed by atoms with E-state index in [1.807, 2.05) is 23.8 Å². The van der Waals surface area contributed by atoms with Gasteiger partial charge in [0.15, 0.2) is 5.82 Å². The van der Waals surface area contributed by atoms with Gasteiger partial charge < -0.3 is 4.74 Å². The van der Waals surface area contributed by atoms with Crippen molar-refractivity contribution in [3.63, 3.8) is 0 Å². The van der Waals surface area contributed by atoms with Gasteiger partial charge in [-0.25, -0.2) is 13.4 Å². The number of sulfonamides is 1. The Bertz CT molecular complexity index is 1380. The summed E-state index contributed by atoms with van der Waals surface area (Å²) in [6.45, 7) is 1.88. The summed E-state index contributed by atoms with van der Waals surface area (Å²) >= 11 is 0. The third-order valence-electron chi connectivity index (χ3n) is 5.66. The number of aromatic nitrogens is 4. The van der Waals surface area contributed by atoms with Crippen LogP contribution in [0.25, 0.3) is 5.82 Å². The molecule has 0 bridgehead atoms. The molecule has 1 aliphatic rings. The van der Waals surface area contributed by atoms with E-state index in [9.17, 15) is 8.42 Å². The van der Waals surface area contributed by atoms with Gasteiger partial charge in [0, 0.05) is 24.1 Å². The molecule has 0 saturated carbocycles. The van der Waals surface area contributed by atoms with E-state index < -0.39 is 10.0 Å². The molecule has 5 rings (SSSR count). The Kier molecular flexibility index (Phi) is 5.55. The molecule has 2 aromatic heterocycles. The predicted molar refractivity (Wildman–Crippen MR) is 124 cm³/mol. The average Bonchev–Trinajstić information content (AvgIpc) is 3.26. The van der Waals surface area contributed by atoms with E-state index in [0.717, 1.165) is 37.1 Å². The van der Waals surface area contributed by atoms with Crippen molar-refractivity contribution >= 4 is 15.7 Å². The Labute approximate surface area is 192 Å². The number of imidazole rings is 1. The maximum absolute atomic E-state index is 12.8. The molecule has 2 heterocycles. The second kappa shape index (κ2) is 8.67. The summed E-state index contributed by atoms with van der Waals surface area (Å²) in [6.07, 6.45) is 7.71. The van der Waals surface area contributed by atoms with Crippen LogP contribution in [-0.2, 0) is 22.9 Å². The number of hydrogen-bond donors (Lipinski definition) is 1. The van der Waals surface area contributed by atoms with Gasteiger partial charge in [-0.1, -0.05) is 6.07 Å². The number of nitrogens with zero attached hydrogens (tertiary/aromatic N) is 4. The summed E-state index contributed by atoms with van der Waals surface area (Å²) in [4.78, 5) is 4.45. The molecule has 0 unspecified atom stereocenters. The molecular formula is C24H23N5O3S. The number of benzene rings is 2. The van der Waals surface area contributed by atoms with Crippen LogP contribution in [0.1, 0.15) is 29.8 Å². The van der Waals surface area contributed by atoms with Crippen molar-refractivity contribution in [2.75, 3.05) is 4.72 Å². The van der Waals surface area contributed by atoms with Crippen LogP contribution in [0.4, 0.5) is 5.69 Å². The van der Waals surface area contributed by atoms with Crippen molar-refractivity contribution < 1.29 is 13.2 Å². The number of fused-ring (bicyclic) bond motifs is 1. The zero-order valence-corrected chi connectivity index (χ0v) is 18.9. The second-order valence-corrected chi connectivity index (χ2v) is 9.63. The lowest BCUT2D eigenvalue weighted by atomic mass is 9.92. The lowest BCUT2D eigenvalue weighted by Gasteiger charge is -2.17. The van der Waals surface area contributed by atoms with E-state index >= 15 is 0 Å². The third kappa shape index (κ3) is 4.58. The summed E-state index contributed by atoms with van der Waals surface area (Å²) in [7, 11) is -3.67. The normalized spacial score (nSPS) is 13.4. The first-order valence-corrected chi connectivity index (χ1v) is 12.2. The highest BCUT2D eigenvalue weighted by Crippen LogP contribution is 2.26. The van der Waals surface area contributed by atoms with Crippen molar-refractivity contribution in [1.29, 1.82) is 0 Å². The van der Waals surface area contributed by atoms with Gasteiger partial charge in [0.25, 0.3) is 10.0 Å². The molecule has 1 aliphatic carbocycles. The van der Waals surface area contributed by atoms with Gasteiger partial charge in [-0.05, 0) is 86.2 Å². The van der Waals surface area contributed by atoms with Gasteiger partial charge in [0.2, 0.25) is 5.88 Å². The van der Waals surface area contributed by atoms with Gasteiger partial charge in [0.1, 0.15) is 11.6 Å². The lowest BCUT2D eigenvalue weighted by molar-refractivity contribution is 0.454. The fraction of sp³-hybridized carbons (Fsp3) is 0.208. The van der Waals surface area contributed by atoms with Gasteiger partial charge in [0.05, 0.1) is 4.90 Å². The summed E-state index contributed by atoms with van der Waals surface area (Å²) in [5.74, 6) is 2.31. The number of aryl methyl sites for hydroxylation is 3. The Balaban J connectivity index is 1.26. The highest BCUT2D eigenvalue weighted by molar-refractivity contribution is 7.92. The smallest absolute Gasteiger partial charge is 0.261 e. The molecule has 0 aliphatic heterocycles. The van der Waals surface area contributed by atoms with Crippen LogP contribution >= 0.6 is 0 Å². The molecule has 0 saturated heterocycles. The monoisotopic (exact) mass is 461 g/mol. The number of ether oxygens (including phenoxy) is 1. The number of rotatable bonds is 6. The summed E-state index contributed by atoms with van der Waals surface area (Å²) in [5, 5.41) is 8.26. The maximum atomic E-state index is 12.8. The third-order valence-corrected chi connectivity index (χ3v) is 7.04. The Hall–Kier alpha value is -3.72. The van der Waals surface area contributed by atoms with E-state index in [2.05, 4.69) is 19.9 Å². The summed E-state index contributed by atoms with van der Waals surface area (Å²) in [5.41, 5.74) is 2.83. The van der Waals surface area contributed by atoms with Crippen molar-refractivity contribution in [2.24, 2.45) is 0 Å². The molecule has 4 aromatic rings. The fourth-order valence-corrected chi connectivity index (χ4v) is 5.03. The second-order valence-electron chi connectivity index (χ2n) is 7.94. The van der Waals surface area contributed by atoms with Gasteiger partial charge in [-0.2, -0.15) is 0 Å². The van der Waals surface area contributed by atoms with Crippen LogP contribution in [0.15, 0.2) is 71.9 Å². The molecular weight excluding hydrogens is 438 g/mol. The van der Waals surface area contributed by atoms with Gasteiger partial charge >= 0.3 is 0 Å². The number of hydrogen-bond acceptors (Lipinski definition) is 6. The Morgan fingerprint density at radius 1 is 0.939 bits per heavy atom. The summed E-state index contributed by atoms with van der Waals surface area (Å²) < 4.78 is 35.9. The molecule has 8 nitrogen and oxygen atoms in total. The molecule has 1 N–H and O–H groups in total. The van der Waals surface area contributed by atoms with Crippen LogP contribution in [0.2, 0.25) is 0 Å². The van der Waals surface area contributed by atoms with Gasteiger partial charge in [-0.15, -0.1) is 10.2 Å². The minimum Gasteiger partial charge on any atom is -0.438 e. The van der Waals surface area contributed by atoms with Crippen molar-refractivity contribution in [2.45, 2.75) is 37.5 Å². The predicted octanol–water partition coefficient (Wildman–Crippen LogP) is 4.44. The molecule has 0 amide bonds. The van der Waals surface area contributed by atoms with Crippen LogP contribution in [0.3, 0.4) is 0 Å². The lowest BCUT2D eigenvalue weighted by Crippen LogP contribution is -2.14. The molecule has 168 valence electrons. The first kappa shape index (κ1) is 21.1. The SMILES string of the molecule is Cc1nccn1-c1ccc(Oc2ccc(NS(=O)(=O)c3ccc4c(c3)CCCC4)cc2)nn1. The Morgan fingerprint density at radius 3 is 2.42 bits per heavy atom. The molecule has 0 atom stereocenters.